The van der Waals surface area contributed by atoms with Crippen molar-refractivity contribution in [2.24, 2.45) is 0 Å². The van der Waals surface area contributed by atoms with Gasteiger partial charge in [0.2, 0.25) is 5.95 Å². The summed E-state index contributed by atoms with van der Waals surface area (Å²) < 4.78 is 12.8. The normalized spacial score (nSPS) is 10.5. The molecule has 0 saturated heterocycles. The second-order valence-corrected chi connectivity index (χ2v) is 4.54. The highest BCUT2D eigenvalue weighted by Crippen LogP contribution is 2.09. The van der Waals surface area contributed by atoms with Crippen LogP contribution in [0.25, 0.3) is 0 Å². The van der Waals surface area contributed by atoms with Crippen LogP contribution in [0.3, 0.4) is 0 Å². The summed E-state index contributed by atoms with van der Waals surface area (Å²) in [5.74, 6) is 1.11. The van der Waals surface area contributed by atoms with Gasteiger partial charge >= 0.3 is 0 Å². The Balaban J connectivity index is 1.97. The van der Waals surface area contributed by atoms with Gasteiger partial charge in [-0.05, 0) is 37.6 Å². The quantitative estimate of drug-likeness (QED) is 0.867. The first-order chi connectivity index (χ1) is 9.13. The lowest BCUT2D eigenvalue weighted by molar-refractivity contribution is 0.627. The maximum absolute atomic E-state index is 12.8. The van der Waals surface area contributed by atoms with E-state index in [2.05, 4.69) is 20.6 Å². The van der Waals surface area contributed by atoms with Crippen LogP contribution in [0.5, 0.6) is 0 Å². The second kappa shape index (κ2) is 6.13. The lowest BCUT2D eigenvalue weighted by Crippen LogP contribution is -2.13. The van der Waals surface area contributed by atoms with Gasteiger partial charge in [-0.25, -0.2) is 9.37 Å². The van der Waals surface area contributed by atoms with E-state index in [4.69, 9.17) is 0 Å². The number of aromatic nitrogens is 2. The first kappa shape index (κ1) is 13.3. The van der Waals surface area contributed by atoms with Crippen molar-refractivity contribution in [2.75, 3.05) is 10.6 Å². The molecule has 100 valence electrons. The van der Waals surface area contributed by atoms with Gasteiger partial charge in [0.15, 0.2) is 0 Å². The maximum Gasteiger partial charge on any atom is 0.224 e. The van der Waals surface area contributed by atoms with E-state index in [1.165, 1.54) is 12.1 Å². The summed E-state index contributed by atoms with van der Waals surface area (Å²) in [6.07, 6.45) is 1.70. The Hall–Kier alpha value is -2.17. The average Bonchev–Trinajstić information content (AvgIpc) is 2.38. The molecule has 0 spiro atoms. The number of halogens is 1. The van der Waals surface area contributed by atoms with Crippen molar-refractivity contribution in [3.05, 3.63) is 47.9 Å². The van der Waals surface area contributed by atoms with E-state index < -0.39 is 0 Å². The Kier molecular flexibility index (Phi) is 4.28. The largest absolute Gasteiger partial charge is 0.366 e. The minimum atomic E-state index is -0.228. The van der Waals surface area contributed by atoms with Crippen LogP contribution in [-0.4, -0.2) is 16.0 Å². The lowest BCUT2D eigenvalue weighted by atomic mass is 10.2. The van der Waals surface area contributed by atoms with E-state index in [0.29, 0.717) is 12.5 Å². The number of hydrogen-bond acceptors (Lipinski definition) is 4. The van der Waals surface area contributed by atoms with Crippen molar-refractivity contribution in [1.82, 2.24) is 9.97 Å². The summed E-state index contributed by atoms with van der Waals surface area (Å²) in [4.78, 5) is 8.47. The fourth-order valence-electron chi connectivity index (χ4n) is 1.58. The zero-order valence-corrected chi connectivity index (χ0v) is 11.0. The lowest BCUT2D eigenvalue weighted by Gasteiger charge is -2.10. The second-order valence-electron chi connectivity index (χ2n) is 4.54. The van der Waals surface area contributed by atoms with Gasteiger partial charge in [-0.2, -0.15) is 4.98 Å². The molecule has 0 bridgehead atoms. The summed E-state index contributed by atoms with van der Waals surface area (Å²) >= 11 is 0. The average molecular weight is 260 g/mol. The number of nitrogens with zero attached hydrogens (tertiary/aromatic N) is 2. The molecular weight excluding hydrogens is 243 g/mol. The zero-order chi connectivity index (χ0) is 13.7. The van der Waals surface area contributed by atoms with Gasteiger partial charge in [-0.1, -0.05) is 12.1 Å². The van der Waals surface area contributed by atoms with E-state index in [9.17, 15) is 4.39 Å². The highest BCUT2D eigenvalue weighted by atomic mass is 19.1. The molecule has 0 atom stereocenters. The summed E-state index contributed by atoms with van der Waals surface area (Å²) in [6, 6.07) is 8.47. The van der Waals surface area contributed by atoms with Crippen LogP contribution in [-0.2, 0) is 6.54 Å². The zero-order valence-electron chi connectivity index (χ0n) is 11.0. The predicted molar refractivity (Wildman–Crippen MR) is 74.5 cm³/mol. The van der Waals surface area contributed by atoms with Crippen molar-refractivity contribution in [2.45, 2.75) is 26.4 Å². The van der Waals surface area contributed by atoms with Gasteiger partial charge in [-0.15, -0.1) is 0 Å². The third kappa shape index (κ3) is 4.21. The first-order valence-corrected chi connectivity index (χ1v) is 6.21. The van der Waals surface area contributed by atoms with Crippen molar-refractivity contribution in [3.8, 4) is 0 Å². The molecule has 0 amide bonds. The Morgan fingerprint density at radius 3 is 2.58 bits per heavy atom. The maximum atomic E-state index is 12.8. The van der Waals surface area contributed by atoms with Crippen molar-refractivity contribution in [3.63, 3.8) is 0 Å². The number of anilines is 2. The molecule has 2 aromatic rings. The highest BCUT2D eigenvalue weighted by Gasteiger charge is 2.01. The number of nitrogens with one attached hydrogen (secondary N) is 2. The summed E-state index contributed by atoms with van der Waals surface area (Å²) in [5, 5.41) is 6.32. The van der Waals surface area contributed by atoms with E-state index in [1.807, 2.05) is 13.8 Å². The SMILES string of the molecule is CC(C)Nc1nccc(NCc2ccc(F)cc2)n1. The molecule has 0 radical (unpaired) electrons. The van der Waals surface area contributed by atoms with Gasteiger partial charge in [0, 0.05) is 18.8 Å². The van der Waals surface area contributed by atoms with Crippen LogP contribution in [0.2, 0.25) is 0 Å². The van der Waals surface area contributed by atoms with Crippen molar-refractivity contribution >= 4 is 11.8 Å². The molecule has 5 heteroatoms. The van der Waals surface area contributed by atoms with E-state index in [-0.39, 0.29) is 11.9 Å². The molecule has 2 N–H and O–H groups in total. The summed E-state index contributed by atoms with van der Waals surface area (Å²) in [7, 11) is 0. The van der Waals surface area contributed by atoms with Crippen molar-refractivity contribution in [1.29, 1.82) is 0 Å². The number of benzene rings is 1. The van der Waals surface area contributed by atoms with Gasteiger partial charge in [0.05, 0.1) is 0 Å². The van der Waals surface area contributed by atoms with Crippen LogP contribution >= 0.6 is 0 Å². The van der Waals surface area contributed by atoms with Crippen LogP contribution < -0.4 is 10.6 Å². The monoisotopic (exact) mass is 260 g/mol. The molecule has 1 heterocycles. The minimum absolute atomic E-state index is 0.228. The Labute approximate surface area is 112 Å². The fraction of sp³-hybridized carbons (Fsp3) is 0.286. The molecule has 4 nitrogen and oxygen atoms in total. The standard InChI is InChI=1S/C14H17FN4/c1-10(2)18-14-16-8-7-13(19-14)17-9-11-3-5-12(15)6-4-11/h3-8,10H,9H2,1-2H3,(H2,16,17,18,19). The van der Waals surface area contributed by atoms with Crippen LogP contribution in [0.1, 0.15) is 19.4 Å². The fourth-order valence-corrected chi connectivity index (χ4v) is 1.58. The topological polar surface area (TPSA) is 49.8 Å². The predicted octanol–water partition coefficient (Wildman–Crippen LogP) is 3.05. The van der Waals surface area contributed by atoms with Crippen LogP contribution in [0.4, 0.5) is 16.2 Å². The van der Waals surface area contributed by atoms with Gasteiger partial charge < -0.3 is 10.6 Å². The molecule has 0 aliphatic rings. The van der Waals surface area contributed by atoms with Gasteiger partial charge in [0.25, 0.3) is 0 Å². The molecule has 0 aliphatic heterocycles. The third-order valence-corrected chi connectivity index (χ3v) is 2.46. The molecule has 19 heavy (non-hydrogen) atoms. The molecule has 1 aromatic heterocycles. The molecule has 0 unspecified atom stereocenters. The number of rotatable bonds is 5. The van der Waals surface area contributed by atoms with E-state index in [0.717, 1.165) is 11.4 Å². The summed E-state index contributed by atoms with van der Waals surface area (Å²) in [6.45, 7) is 4.66. The Morgan fingerprint density at radius 1 is 1.16 bits per heavy atom. The number of hydrogen-bond donors (Lipinski definition) is 2. The van der Waals surface area contributed by atoms with Crippen LogP contribution in [0.15, 0.2) is 36.5 Å². The van der Waals surface area contributed by atoms with E-state index in [1.54, 1.807) is 24.4 Å². The van der Waals surface area contributed by atoms with Gasteiger partial charge in [0.1, 0.15) is 11.6 Å². The molecule has 1 aromatic carbocycles. The smallest absolute Gasteiger partial charge is 0.224 e. The molecule has 0 saturated carbocycles. The molecule has 2 rings (SSSR count). The highest BCUT2D eigenvalue weighted by molar-refractivity contribution is 5.40. The minimum Gasteiger partial charge on any atom is -0.366 e. The van der Waals surface area contributed by atoms with Gasteiger partial charge in [-0.3, -0.25) is 0 Å². The molecule has 0 aliphatic carbocycles. The molecule has 0 fully saturated rings. The first-order valence-electron chi connectivity index (χ1n) is 6.21. The van der Waals surface area contributed by atoms with E-state index >= 15 is 0 Å². The third-order valence-electron chi connectivity index (χ3n) is 2.46. The molecular formula is C14H17FN4. The Morgan fingerprint density at radius 2 is 1.89 bits per heavy atom. The Bertz CT molecular complexity index is 525. The van der Waals surface area contributed by atoms with Crippen molar-refractivity contribution < 1.29 is 4.39 Å². The van der Waals surface area contributed by atoms with Crippen LogP contribution in [0, 0.1) is 5.82 Å². The summed E-state index contributed by atoms with van der Waals surface area (Å²) in [5.41, 5.74) is 0.999.